The lowest BCUT2D eigenvalue weighted by atomic mass is 9.99. The first-order valence-corrected chi connectivity index (χ1v) is 9.76. The zero-order chi connectivity index (χ0) is 19.4. The van der Waals surface area contributed by atoms with Crippen LogP contribution in [-0.4, -0.2) is 22.9 Å². The van der Waals surface area contributed by atoms with E-state index in [1.54, 1.807) is 6.08 Å². The molecule has 4 nitrogen and oxygen atoms in total. The molecule has 2 heterocycles. The number of carbonyl (C=O) groups excluding carboxylic acids is 2. The molecule has 0 N–H and O–H groups in total. The maximum absolute atomic E-state index is 13.2. The summed E-state index contributed by atoms with van der Waals surface area (Å²) >= 11 is 0. The fourth-order valence-corrected chi connectivity index (χ4v) is 3.74. The third-order valence-corrected chi connectivity index (χ3v) is 5.08. The Morgan fingerprint density at radius 1 is 1.22 bits per heavy atom. The zero-order valence-electron chi connectivity index (χ0n) is 16.2. The van der Waals surface area contributed by atoms with Crippen molar-refractivity contribution < 1.29 is 14.3 Å². The van der Waals surface area contributed by atoms with E-state index in [9.17, 15) is 9.59 Å². The summed E-state index contributed by atoms with van der Waals surface area (Å²) in [4.78, 5) is 25.7. The van der Waals surface area contributed by atoms with Gasteiger partial charge >= 0.3 is 5.97 Å². The number of hydrogen-bond donors (Lipinski definition) is 0. The highest BCUT2D eigenvalue weighted by atomic mass is 16.5. The van der Waals surface area contributed by atoms with Crippen LogP contribution in [0.3, 0.4) is 0 Å². The van der Waals surface area contributed by atoms with Crippen LogP contribution in [0.5, 0.6) is 0 Å². The smallest absolute Gasteiger partial charge is 0.315 e. The van der Waals surface area contributed by atoms with Crippen molar-refractivity contribution in [3.8, 4) is 0 Å². The quantitative estimate of drug-likeness (QED) is 0.501. The molecule has 4 heteroatoms. The molecule has 0 radical (unpaired) electrons. The third kappa shape index (κ3) is 3.75. The highest BCUT2D eigenvalue weighted by Crippen LogP contribution is 2.35. The lowest BCUT2D eigenvalue weighted by Gasteiger charge is -2.09. The van der Waals surface area contributed by atoms with E-state index in [1.165, 1.54) is 0 Å². The number of fused-ring (bicyclic) bond motifs is 1. The molecule has 0 saturated carbocycles. The van der Waals surface area contributed by atoms with Gasteiger partial charge in [0.25, 0.3) is 0 Å². The Balaban J connectivity index is 1.96. The SMILES string of the molecule is C=Cc1ccc(C(=O)c2c(CCC)cc3n2CCC3C(=O)OCCC)cc1. The average Bonchev–Trinajstić information content (AvgIpc) is 3.24. The molecule has 1 aliphatic heterocycles. The van der Waals surface area contributed by atoms with Gasteiger partial charge in [0.2, 0.25) is 5.78 Å². The van der Waals surface area contributed by atoms with Gasteiger partial charge in [0.15, 0.2) is 0 Å². The molecule has 1 aliphatic rings. The Morgan fingerprint density at radius 2 is 1.96 bits per heavy atom. The lowest BCUT2D eigenvalue weighted by molar-refractivity contribution is -0.145. The Hall–Kier alpha value is -2.62. The fraction of sp³-hybridized carbons (Fsp3) is 0.391. The van der Waals surface area contributed by atoms with Crippen molar-refractivity contribution in [3.05, 3.63) is 65.0 Å². The molecule has 27 heavy (non-hydrogen) atoms. The molecule has 1 aromatic carbocycles. The van der Waals surface area contributed by atoms with Crippen molar-refractivity contribution in [2.75, 3.05) is 6.61 Å². The fourth-order valence-electron chi connectivity index (χ4n) is 3.74. The molecule has 0 aliphatic carbocycles. The highest BCUT2D eigenvalue weighted by Gasteiger charge is 2.35. The van der Waals surface area contributed by atoms with Crippen LogP contribution < -0.4 is 0 Å². The first kappa shape index (κ1) is 19.2. The number of carbonyl (C=O) groups is 2. The second-order valence-electron chi connectivity index (χ2n) is 7.01. The van der Waals surface area contributed by atoms with Gasteiger partial charge in [-0.15, -0.1) is 0 Å². The van der Waals surface area contributed by atoms with Crippen molar-refractivity contribution in [2.45, 2.75) is 52.0 Å². The summed E-state index contributed by atoms with van der Waals surface area (Å²) in [6.07, 6.45) is 5.04. The van der Waals surface area contributed by atoms with E-state index in [4.69, 9.17) is 4.74 Å². The van der Waals surface area contributed by atoms with E-state index >= 15 is 0 Å². The number of esters is 1. The number of aromatic nitrogens is 1. The van der Waals surface area contributed by atoms with Crippen molar-refractivity contribution in [1.82, 2.24) is 4.57 Å². The number of rotatable bonds is 8. The molecule has 1 unspecified atom stereocenters. The van der Waals surface area contributed by atoms with Gasteiger partial charge in [-0.05, 0) is 36.5 Å². The van der Waals surface area contributed by atoms with Gasteiger partial charge in [-0.2, -0.15) is 0 Å². The minimum Gasteiger partial charge on any atom is -0.465 e. The van der Waals surface area contributed by atoms with Crippen molar-refractivity contribution in [3.63, 3.8) is 0 Å². The molecule has 2 aromatic rings. The Labute approximate surface area is 160 Å². The second kappa shape index (κ2) is 8.38. The normalized spacial score (nSPS) is 15.4. The molecule has 3 rings (SSSR count). The average molecular weight is 365 g/mol. The predicted octanol–water partition coefficient (Wildman–Crippen LogP) is 4.76. The first-order chi connectivity index (χ1) is 13.1. The summed E-state index contributed by atoms with van der Waals surface area (Å²) in [5, 5.41) is 0. The first-order valence-electron chi connectivity index (χ1n) is 9.76. The highest BCUT2D eigenvalue weighted by molar-refractivity contribution is 6.09. The number of ketones is 1. The monoisotopic (exact) mass is 365 g/mol. The van der Waals surface area contributed by atoms with Gasteiger partial charge in [-0.3, -0.25) is 9.59 Å². The van der Waals surface area contributed by atoms with Crippen LogP contribution in [0.2, 0.25) is 0 Å². The van der Waals surface area contributed by atoms with Crippen LogP contribution in [0.25, 0.3) is 6.08 Å². The van der Waals surface area contributed by atoms with Crippen molar-refractivity contribution in [2.24, 2.45) is 0 Å². The van der Waals surface area contributed by atoms with E-state index in [0.29, 0.717) is 25.1 Å². The van der Waals surface area contributed by atoms with Gasteiger partial charge in [-0.1, -0.05) is 57.2 Å². The standard InChI is InChI=1S/C23H27NO3/c1-4-7-18-15-20-19(23(26)27-14-5-2)12-13-24(20)21(18)22(25)17-10-8-16(6-3)9-11-17/h6,8-11,15,19H,3-5,7,12-14H2,1-2H3. The van der Waals surface area contributed by atoms with Gasteiger partial charge in [-0.25, -0.2) is 0 Å². The molecular weight excluding hydrogens is 338 g/mol. The molecule has 0 amide bonds. The molecule has 1 aromatic heterocycles. The Bertz CT molecular complexity index is 845. The summed E-state index contributed by atoms with van der Waals surface area (Å²) in [6.45, 7) is 8.96. The second-order valence-corrected chi connectivity index (χ2v) is 7.01. The summed E-state index contributed by atoms with van der Waals surface area (Å²) < 4.78 is 7.40. The van der Waals surface area contributed by atoms with E-state index in [1.807, 2.05) is 41.8 Å². The van der Waals surface area contributed by atoms with Crippen LogP contribution in [-0.2, 0) is 22.5 Å². The number of hydrogen-bond acceptors (Lipinski definition) is 3. The molecule has 0 bridgehead atoms. The number of nitrogens with zero attached hydrogens (tertiary/aromatic N) is 1. The molecular formula is C23H27NO3. The number of aryl methyl sites for hydroxylation is 1. The topological polar surface area (TPSA) is 48.3 Å². The van der Waals surface area contributed by atoms with Crippen molar-refractivity contribution >= 4 is 17.8 Å². The largest absolute Gasteiger partial charge is 0.465 e. The van der Waals surface area contributed by atoms with E-state index in [2.05, 4.69) is 13.5 Å². The van der Waals surface area contributed by atoms with Gasteiger partial charge in [0.05, 0.1) is 18.2 Å². The van der Waals surface area contributed by atoms with Crippen molar-refractivity contribution in [1.29, 1.82) is 0 Å². The predicted molar refractivity (Wildman–Crippen MR) is 107 cm³/mol. The molecule has 0 fully saturated rings. The van der Waals surface area contributed by atoms with E-state index < -0.39 is 0 Å². The summed E-state index contributed by atoms with van der Waals surface area (Å²) in [6, 6.07) is 9.53. The Morgan fingerprint density at radius 3 is 2.59 bits per heavy atom. The number of benzene rings is 1. The zero-order valence-corrected chi connectivity index (χ0v) is 16.2. The Kier molecular flexibility index (Phi) is 5.94. The number of ether oxygens (including phenoxy) is 1. The minimum atomic E-state index is -0.267. The third-order valence-electron chi connectivity index (χ3n) is 5.08. The van der Waals surface area contributed by atoms with Crippen LogP contribution >= 0.6 is 0 Å². The maximum Gasteiger partial charge on any atom is 0.315 e. The molecule has 0 saturated heterocycles. The lowest BCUT2D eigenvalue weighted by Crippen LogP contribution is -2.14. The van der Waals surface area contributed by atoms with Gasteiger partial charge < -0.3 is 9.30 Å². The van der Waals surface area contributed by atoms with Gasteiger partial charge in [0.1, 0.15) is 0 Å². The summed E-state index contributed by atoms with van der Waals surface area (Å²) in [5.74, 6) is -0.426. The van der Waals surface area contributed by atoms with E-state index in [0.717, 1.165) is 41.8 Å². The molecule has 1 atom stereocenters. The molecule has 142 valence electrons. The van der Waals surface area contributed by atoms with Gasteiger partial charge in [0, 0.05) is 17.8 Å². The van der Waals surface area contributed by atoms with Crippen LogP contribution in [0.4, 0.5) is 0 Å². The van der Waals surface area contributed by atoms with Crippen LogP contribution in [0, 0.1) is 0 Å². The van der Waals surface area contributed by atoms with E-state index in [-0.39, 0.29) is 17.7 Å². The molecule has 0 spiro atoms. The van der Waals surface area contributed by atoms with Crippen LogP contribution in [0.1, 0.15) is 71.9 Å². The maximum atomic E-state index is 13.2. The van der Waals surface area contributed by atoms with Crippen LogP contribution in [0.15, 0.2) is 36.9 Å². The summed E-state index contributed by atoms with van der Waals surface area (Å²) in [5.41, 5.74) is 4.32. The minimum absolute atomic E-state index is 0.0166. The summed E-state index contributed by atoms with van der Waals surface area (Å²) in [7, 11) is 0.